The molecule has 36 heavy (non-hydrogen) atoms. The lowest BCUT2D eigenvalue weighted by Gasteiger charge is -2.33. The number of H-pyrrole nitrogens is 1. The summed E-state index contributed by atoms with van der Waals surface area (Å²) < 4.78 is 7.93. The summed E-state index contributed by atoms with van der Waals surface area (Å²) >= 11 is 0. The summed E-state index contributed by atoms with van der Waals surface area (Å²) in [5.74, 6) is 1.77. The van der Waals surface area contributed by atoms with Crippen molar-refractivity contribution in [2.75, 3.05) is 25.0 Å². The molecule has 0 saturated heterocycles. The molecule has 2 aromatic heterocycles. The van der Waals surface area contributed by atoms with Crippen molar-refractivity contribution < 1.29 is 4.74 Å². The average Bonchev–Trinajstić information content (AvgIpc) is 3.32. The highest BCUT2D eigenvalue weighted by molar-refractivity contribution is 5.87. The molecule has 8 nitrogen and oxygen atoms in total. The van der Waals surface area contributed by atoms with Crippen LogP contribution in [0.25, 0.3) is 22.7 Å². The van der Waals surface area contributed by atoms with Crippen molar-refractivity contribution in [1.29, 1.82) is 0 Å². The molecule has 0 radical (unpaired) electrons. The van der Waals surface area contributed by atoms with Crippen LogP contribution in [-0.4, -0.2) is 46.8 Å². The van der Waals surface area contributed by atoms with Crippen LogP contribution in [0.3, 0.4) is 0 Å². The van der Waals surface area contributed by atoms with E-state index in [0.717, 1.165) is 53.1 Å². The van der Waals surface area contributed by atoms with Crippen molar-refractivity contribution in [3.63, 3.8) is 0 Å². The van der Waals surface area contributed by atoms with Gasteiger partial charge in [-0.2, -0.15) is 5.10 Å². The zero-order valence-corrected chi connectivity index (χ0v) is 20.4. The normalized spacial score (nSPS) is 20.2. The number of likely N-dealkylation sites (N-methyl/N-ethyl adjacent to an activating group) is 1. The van der Waals surface area contributed by atoms with Crippen LogP contribution >= 0.6 is 0 Å². The summed E-state index contributed by atoms with van der Waals surface area (Å²) in [6, 6.07) is 17.7. The van der Waals surface area contributed by atoms with Gasteiger partial charge in [-0.1, -0.05) is 43.3 Å². The maximum atomic E-state index is 13.6. The monoisotopic (exact) mass is 480 g/mol. The Balaban J connectivity index is 1.48. The minimum absolute atomic E-state index is 0.0804. The highest BCUT2D eigenvalue weighted by Crippen LogP contribution is 2.32. The number of para-hydroxylation sites is 3. The predicted octanol–water partition coefficient (Wildman–Crippen LogP) is 2.84. The fourth-order valence-electron chi connectivity index (χ4n) is 5.08. The van der Waals surface area contributed by atoms with E-state index in [4.69, 9.17) is 14.7 Å². The minimum atomic E-state index is -0.149. The number of aromatic amines is 1. The lowest BCUT2D eigenvalue weighted by molar-refractivity contribution is 0.204. The van der Waals surface area contributed by atoms with Gasteiger partial charge >= 0.3 is 0 Å². The SMILES string of the molecule is CCC1CC=c2c(n(-c3ccccc3)c(=O)c3cn[nH]c23)=NC1=NCC1CN(C)c2ccccc2O1. The third-order valence-electron chi connectivity index (χ3n) is 7.00. The quantitative estimate of drug-likeness (QED) is 0.487. The Kier molecular flexibility index (Phi) is 5.64. The van der Waals surface area contributed by atoms with Crippen LogP contribution in [0.2, 0.25) is 0 Å². The second-order valence-corrected chi connectivity index (χ2v) is 9.32. The summed E-state index contributed by atoms with van der Waals surface area (Å²) in [6.07, 6.45) is 5.35. The second kappa shape index (κ2) is 9.11. The molecule has 8 heteroatoms. The van der Waals surface area contributed by atoms with Gasteiger partial charge in [-0.15, -0.1) is 0 Å². The fraction of sp³-hybridized carbons (Fsp3) is 0.286. The van der Waals surface area contributed by atoms with Crippen LogP contribution < -0.4 is 25.9 Å². The summed E-state index contributed by atoms with van der Waals surface area (Å²) in [5.41, 5.74) is 3.01. The Morgan fingerprint density at radius 2 is 1.94 bits per heavy atom. The molecule has 4 aromatic rings. The number of nitrogens with zero attached hydrogens (tertiary/aromatic N) is 5. The maximum absolute atomic E-state index is 13.6. The van der Waals surface area contributed by atoms with Crippen LogP contribution in [0, 0.1) is 5.92 Å². The van der Waals surface area contributed by atoms with E-state index in [1.165, 1.54) is 0 Å². The Labute approximate surface area is 208 Å². The number of aromatic nitrogens is 3. The topological polar surface area (TPSA) is 87.9 Å². The Morgan fingerprint density at radius 1 is 1.14 bits per heavy atom. The molecule has 2 aliphatic heterocycles. The summed E-state index contributed by atoms with van der Waals surface area (Å²) in [6.45, 7) is 3.39. The van der Waals surface area contributed by atoms with Gasteiger partial charge in [0.2, 0.25) is 0 Å². The van der Waals surface area contributed by atoms with Gasteiger partial charge in [0.15, 0.2) is 5.49 Å². The van der Waals surface area contributed by atoms with Gasteiger partial charge in [0, 0.05) is 18.2 Å². The number of nitrogens with one attached hydrogen (secondary N) is 1. The van der Waals surface area contributed by atoms with Crippen molar-refractivity contribution in [2.24, 2.45) is 15.9 Å². The van der Waals surface area contributed by atoms with E-state index in [2.05, 4.69) is 41.2 Å². The first-order valence-corrected chi connectivity index (χ1v) is 12.4. The lowest BCUT2D eigenvalue weighted by Crippen LogP contribution is -2.43. The van der Waals surface area contributed by atoms with Crippen molar-refractivity contribution >= 4 is 28.5 Å². The Hall–Kier alpha value is -4.20. The number of pyridine rings is 1. The van der Waals surface area contributed by atoms with E-state index in [9.17, 15) is 4.79 Å². The van der Waals surface area contributed by atoms with Gasteiger partial charge in [0.1, 0.15) is 17.7 Å². The smallest absolute Gasteiger partial charge is 0.267 e. The summed E-state index contributed by atoms with van der Waals surface area (Å²) in [7, 11) is 2.08. The molecule has 0 fully saturated rings. The molecule has 0 aliphatic carbocycles. The third-order valence-corrected chi connectivity index (χ3v) is 7.00. The summed E-state index contributed by atoms with van der Waals surface area (Å²) in [5, 5.41) is 8.62. The molecular formula is C28H28N6O2. The van der Waals surface area contributed by atoms with Gasteiger partial charge in [-0.3, -0.25) is 19.5 Å². The molecule has 6 rings (SSSR count). The van der Waals surface area contributed by atoms with Gasteiger partial charge in [0.25, 0.3) is 5.56 Å². The molecular weight excluding hydrogens is 452 g/mol. The molecule has 0 amide bonds. The second-order valence-electron chi connectivity index (χ2n) is 9.32. The maximum Gasteiger partial charge on any atom is 0.267 e. The van der Waals surface area contributed by atoms with Crippen LogP contribution in [-0.2, 0) is 0 Å². The minimum Gasteiger partial charge on any atom is -0.484 e. The van der Waals surface area contributed by atoms with E-state index in [1.807, 2.05) is 48.5 Å². The van der Waals surface area contributed by atoms with Crippen LogP contribution in [0.1, 0.15) is 19.8 Å². The average molecular weight is 481 g/mol. The van der Waals surface area contributed by atoms with Crippen molar-refractivity contribution in [1.82, 2.24) is 14.8 Å². The molecule has 2 aromatic carbocycles. The zero-order chi connectivity index (χ0) is 24.6. The standard InChI is InChI=1S/C28H28N6O2/c1-3-18-13-14-21-25-22(16-30-32-25)28(35)34(19-9-5-4-6-10-19)27(21)31-26(18)29-15-20-17-33(2)23-11-7-8-12-24(23)36-20/h4-12,14,16,18,20H,3,13,15,17H2,1-2H3,(H,30,32). The first kappa shape index (κ1) is 22.3. The van der Waals surface area contributed by atoms with Crippen molar-refractivity contribution in [2.45, 2.75) is 25.9 Å². The first-order valence-electron chi connectivity index (χ1n) is 12.4. The van der Waals surface area contributed by atoms with Gasteiger partial charge < -0.3 is 9.64 Å². The molecule has 182 valence electrons. The first-order chi connectivity index (χ1) is 17.6. The molecule has 0 bridgehead atoms. The molecule has 1 N–H and O–H groups in total. The number of ether oxygens (including phenoxy) is 1. The van der Waals surface area contributed by atoms with Gasteiger partial charge in [-0.05, 0) is 37.1 Å². The summed E-state index contributed by atoms with van der Waals surface area (Å²) in [4.78, 5) is 25.8. The number of hydrogen-bond acceptors (Lipinski definition) is 5. The molecule has 2 aliphatic rings. The molecule has 2 unspecified atom stereocenters. The lowest BCUT2D eigenvalue weighted by atomic mass is 10.0. The van der Waals surface area contributed by atoms with Gasteiger partial charge in [-0.25, -0.2) is 4.99 Å². The largest absolute Gasteiger partial charge is 0.484 e. The molecule has 0 spiro atoms. The number of anilines is 1. The van der Waals surface area contributed by atoms with E-state index >= 15 is 0 Å². The van der Waals surface area contributed by atoms with Crippen LogP contribution in [0.4, 0.5) is 5.69 Å². The van der Waals surface area contributed by atoms with Crippen LogP contribution in [0.5, 0.6) is 5.75 Å². The highest BCUT2D eigenvalue weighted by Gasteiger charge is 2.24. The Morgan fingerprint density at radius 3 is 2.78 bits per heavy atom. The molecule has 0 saturated carbocycles. The fourth-order valence-corrected chi connectivity index (χ4v) is 5.08. The number of fused-ring (bicyclic) bond motifs is 4. The number of aliphatic imine (C=N–C) groups is 1. The molecule has 4 heterocycles. The number of hydrogen-bond donors (Lipinski definition) is 1. The van der Waals surface area contributed by atoms with E-state index < -0.39 is 0 Å². The zero-order valence-electron chi connectivity index (χ0n) is 20.4. The number of amidine groups is 1. The third kappa shape index (κ3) is 3.79. The highest BCUT2D eigenvalue weighted by atomic mass is 16.5. The van der Waals surface area contributed by atoms with E-state index in [-0.39, 0.29) is 17.6 Å². The van der Waals surface area contributed by atoms with Crippen LogP contribution in [0.15, 0.2) is 75.6 Å². The van der Waals surface area contributed by atoms with E-state index in [0.29, 0.717) is 17.4 Å². The van der Waals surface area contributed by atoms with E-state index in [1.54, 1.807) is 10.8 Å². The van der Waals surface area contributed by atoms with Crippen molar-refractivity contribution in [3.8, 4) is 11.4 Å². The Bertz CT molecular complexity index is 1640. The molecule has 2 atom stereocenters. The number of benzene rings is 2. The van der Waals surface area contributed by atoms with Crippen molar-refractivity contribution in [3.05, 3.63) is 81.9 Å². The van der Waals surface area contributed by atoms with Gasteiger partial charge in [0.05, 0.1) is 41.6 Å². The number of rotatable bonds is 4. The predicted molar refractivity (Wildman–Crippen MR) is 142 cm³/mol.